The molecule has 5 heteroatoms. The zero-order valence-corrected chi connectivity index (χ0v) is 6.46. The Morgan fingerprint density at radius 2 is 1.75 bits per heavy atom. The van der Waals surface area contributed by atoms with E-state index in [4.69, 9.17) is 0 Å². The SMILES string of the molecule is C=C(C)C(=C)NC(=O)C(F)(F)F. The van der Waals surface area contributed by atoms with Crippen LogP contribution in [0.15, 0.2) is 24.4 Å². The van der Waals surface area contributed by atoms with E-state index in [0.717, 1.165) is 0 Å². The number of nitrogens with one attached hydrogen (secondary N) is 1. The van der Waals surface area contributed by atoms with Gasteiger partial charge in [-0.3, -0.25) is 4.79 Å². The summed E-state index contributed by atoms with van der Waals surface area (Å²) in [5.74, 6) is -2.03. The lowest BCUT2D eigenvalue weighted by molar-refractivity contribution is -0.172. The molecule has 0 aliphatic heterocycles. The van der Waals surface area contributed by atoms with Crippen molar-refractivity contribution in [1.29, 1.82) is 0 Å². The number of rotatable bonds is 2. The molecule has 0 bridgehead atoms. The summed E-state index contributed by atoms with van der Waals surface area (Å²) in [6, 6.07) is 0. The topological polar surface area (TPSA) is 29.1 Å². The van der Waals surface area contributed by atoms with Crippen molar-refractivity contribution in [2.75, 3.05) is 0 Å². The minimum absolute atomic E-state index is 0.127. The Hall–Kier alpha value is -1.26. The smallest absolute Gasteiger partial charge is 0.319 e. The Balaban J connectivity index is 4.21. The maximum Gasteiger partial charge on any atom is 0.471 e. The van der Waals surface area contributed by atoms with Crippen molar-refractivity contribution >= 4 is 5.91 Å². The fraction of sp³-hybridized carbons (Fsp3) is 0.286. The van der Waals surface area contributed by atoms with E-state index in [0.29, 0.717) is 0 Å². The van der Waals surface area contributed by atoms with Gasteiger partial charge in [0.1, 0.15) is 0 Å². The van der Waals surface area contributed by atoms with Crippen LogP contribution < -0.4 is 5.32 Å². The molecule has 0 aliphatic rings. The Labute approximate surface area is 67.8 Å². The fourth-order valence-corrected chi connectivity index (χ4v) is 0.315. The zero-order chi connectivity index (χ0) is 9.94. The van der Waals surface area contributed by atoms with Crippen LogP contribution in [0, 0.1) is 0 Å². The van der Waals surface area contributed by atoms with Gasteiger partial charge in [-0.05, 0) is 12.5 Å². The predicted molar refractivity (Wildman–Crippen MR) is 38.2 cm³/mol. The Morgan fingerprint density at radius 3 is 2.00 bits per heavy atom. The molecule has 2 nitrogen and oxygen atoms in total. The molecule has 0 rings (SSSR count). The predicted octanol–water partition coefficient (Wildman–Crippen LogP) is 1.75. The molecule has 1 amide bonds. The molecular formula is C7H8F3NO. The average molecular weight is 179 g/mol. The van der Waals surface area contributed by atoms with Crippen LogP contribution >= 0.6 is 0 Å². The van der Waals surface area contributed by atoms with Crippen LogP contribution in [-0.2, 0) is 4.79 Å². The van der Waals surface area contributed by atoms with Gasteiger partial charge in [0.2, 0.25) is 0 Å². The van der Waals surface area contributed by atoms with Crippen molar-refractivity contribution in [2.45, 2.75) is 13.1 Å². The third kappa shape index (κ3) is 3.23. The number of hydrogen-bond acceptors (Lipinski definition) is 1. The second-order valence-electron chi connectivity index (χ2n) is 2.21. The second-order valence-corrected chi connectivity index (χ2v) is 2.21. The van der Waals surface area contributed by atoms with Crippen molar-refractivity contribution in [3.63, 3.8) is 0 Å². The molecule has 0 atom stereocenters. The molecule has 0 spiro atoms. The molecule has 0 aromatic rings. The number of allylic oxidation sites excluding steroid dienone is 1. The minimum atomic E-state index is -4.88. The zero-order valence-electron chi connectivity index (χ0n) is 6.46. The molecule has 0 saturated heterocycles. The Bertz CT molecular complexity index is 229. The summed E-state index contributed by atoms with van der Waals surface area (Å²) < 4.78 is 34.8. The molecule has 0 unspecified atom stereocenters. The van der Waals surface area contributed by atoms with Gasteiger partial charge in [0.25, 0.3) is 0 Å². The van der Waals surface area contributed by atoms with Crippen molar-refractivity contribution < 1.29 is 18.0 Å². The van der Waals surface area contributed by atoms with Gasteiger partial charge in [-0.25, -0.2) is 0 Å². The number of carbonyl (C=O) groups is 1. The maximum absolute atomic E-state index is 11.6. The Kier molecular flexibility index (Phi) is 3.06. The number of carbonyl (C=O) groups excluding carboxylic acids is 1. The highest BCUT2D eigenvalue weighted by Crippen LogP contribution is 2.15. The highest BCUT2D eigenvalue weighted by molar-refractivity contribution is 5.83. The van der Waals surface area contributed by atoms with E-state index in [1.807, 2.05) is 0 Å². The molecule has 1 N–H and O–H groups in total. The van der Waals surface area contributed by atoms with Gasteiger partial charge in [0.05, 0.1) is 0 Å². The Morgan fingerprint density at radius 1 is 1.33 bits per heavy atom. The van der Waals surface area contributed by atoms with E-state index < -0.39 is 12.1 Å². The summed E-state index contributed by atoms with van der Waals surface area (Å²) in [7, 11) is 0. The first-order chi connectivity index (χ1) is 5.25. The van der Waals surface area contributed by atoms with Crippen molar-refractivity contribution in [3.8, 4) is 0 Å². The molecule has 0 fully saturated rings. The van der Waals surface area contributed by atoms with Crippen LogP contribution in [0.2, 0.25) is 0 Å². The molecule has 0 heterocycles. The highest BCUT2D eigenvalue weighted by Gasteiger charge is 2.38. The number of halogens is 3. The van der Waals surface area contributed by atoms with Crippen LogP contribution in [0.25, 0.3) is 0 Å². The normalized spacial score (nSPS) is 10.7. The molecular weight excluding hydrogens is 171 g/mol. The van der Waals surface area contributed by atoms with Crippen molar-refractivity contribution in [1.82, 2.24) is 5.32 Å². The summed E-state index contributed by atoms with van der Waals surface area (Å²) >= 11 is 0. The summed E-state index contributed by atoms with van der Waals surface area (Å²) in [5.41, 5.74) is 0.157. The molecule has 12 heavy (non-hydrogen) atoms. The van der Waals surface area contributed by atoms with Crippen LogP contribution in [0.5, 0.6) is 0 Å². The fourth-order valence-electron chi connectivity index (χ4n) is 0.315. The monoisotopic (exact) mass is 179 g/mol. The standard InChI is InChI=1S/C7H8F3NO/c1-4(2)5(3)11-6(12)7(8,9)10/h1,3H2,2H3,(H,11,12). The quantitative estimate of drug-likeness (QED) is 0.643. The van der Waals surface area contributed by atoms with Gasteiger partial charge < -0.3 is 5.32 Å². The highest BCUT2D eigenvalue weighted by atomic mass is 19.4. The summed E-state index contributed by atoms with van der Waals surface area (Å²) in [4.78, 5) is 10.2. The summed E-state index contributed by atoms with van der Waals surface area (Å²) in [6.07, 6.45) is -4.88. The van der Waals surface area contributed by atoms with Crippen LogP contribution in [0.1, 0.15) is 6.92 Å². The van der Waals surface area contributed by atoms with Crippen molar-refractivity contribution in [2.24, 2.45) is 0 Å². The van der Waals surface area contributed by atoms with Gasteiger partial charge in [0, 0.05) is 5.70 Å². The molecule has 0 aliphatic carbocycles. The summed E-state index contributed by atoms with van der Waals surface area (Å²) in [6.45, 7) is 7.93. The first kappa shape index (κ1) is 10.7. The van der Waals surface area contributed by atoms with Gasteiger partial charge in [-0.2, -0.15) is 13.2 Å². The van der Waals surface area contributed by atoms with E-state index in [2.05, 4.69) is 13.2 Å². The largest absolute Gasteiger partial charge is 0.471 e. The van der Waals surface area contributed by atoms with Gasteiger partial charge in [0.15, 0.2) is 0 Å². The van der Waals surface area contributed by atoms with Crippen molar-refractivity contribution in [3.05, 3.63) is 24.4 Å². The molecule has 68 valence electrons. The van der Waals surface area contributed by atoms with Crippen LogP contribution in [0.4, 0.5) is 13.2 Å². The van der Waals surface area contributed by atoms with Gasteiger partial charge >= 0.3 is 12.1 Å². The summed E-state index contributed by atoms with van der Waals surface area (Å²) in [5, 5.41) is 1.56. The van der Waals surface area contributed by atoms with Gasteiger partial charge in [-0.1, -0.05) is 13.2 Å². The average Bonchev–Trinajstić information content (AvgIpc) is 1.85. The molecule has 0 radical (unpaired) electrons. The minimum Gasteiger partial charge on any atom is -0.319 e. The number of alkyl halides is 3. The molecule has 0 aromatic carbocycles. The first-order valence-electron chi connectivity index (χ1n) is 2.98. The third-order valence-corrected chi connectivity index (χ3v) is 1.04. The van der Waals surface area contributed by atoms with E-state index in [1.54, 1.807) is 5.32 Å². The molecule has 0 aromatic heterocycles. The number of hydrogen-bond donors (Lipinski definition) is 1. The van der Waals surface area contributed by atoms with E-state index in [9.17, 15) is 18.0 Å². The lowest BCUT2D eigenvalue weighted by atomic mass is 10.3. The lowest BCUT2D eigenvalue weighted by Crippen LogP contribution is -2.36. The van der Waals surface area contributed by atoms with Gasteiger partial charge in [-0.15, -0.1) is 0 Å². The lowest BCUT2D eigenvalue weighted by Gasteiger charge is -2.09. The second kappa shape index (κ2) is 3.42. The van der Waals surface area contributed by atoms with Crippen LogP contribution in [0.3, 0.4) is 0 Å². The maximum atomic E-state index is 11.6. The van der Waals surface area contributed by atoms with Crippen LogP contribution in [-0.4, -0.2) is 12.1 Å². The third-order valence-electron chi connectivity index (χ3n) is 1.04. The number of amides is 1. The van der Waals surface area contributed by atoms with E-state index in [-0.39, 0.29) is 11.3 Å². The van der Waals surface area contributed by atoms with E-state index >= 15 is 0 Å². The van der Waals surface area contributed by atoms with E-state index in [1.165, 1.54) is 6.92 Å². The molecule has 0 saturated carbocycles. The first-order valence-corrected chi connectivity index (χ1v) is 2.98.